The lowest BCUT2D eigenvalue weighted by Gasteiger charge is -2.39. The largest absolute Gasteiger partial charge is 0.466 e. The van der Waals surface area contributed by atoms with Gasteiger partial charge in [0.25, 0.3) is 0 Å². The summed E-state index contributed by atoms with van der Waals surface area (Å²) in [5.74, 6) is -2.92. The number of amides is 2. The van der Waals surface area contributed by atoms with E-state index in [0.29, 0.717) is 18.5 Å². The number of ether oxygens (including phenoxy) is 2. The smallest absolute Gasteiger partial charge is 0.312 e. The van der Waals surface area contributed by atoms with Crippen molar-refractivity contribution >= 4 is 23.5 Å². The van der Waals surface area contributed by atoms with Gasteiger partial charge >= 0.3 is 5.97 Å². The van der Waals surface area contributed by atoms with Crippen molar-refractivity contribution in [1.82, 2.24) is 4.90 Å². The van der Waals surface area contributed by atoms with Crippen LogP contribution in [0.3, 0.4) is 0 Å². The number of nitrogens with zero attached hydrogens (tertiary/aromatic N) is 1. The van der Waals surface area contributed by atoms with E-state index in [2.05, 4.69) is 5.32 Å². The Morgan fingerprint density at radius 3 is 2.47 bits per heavy atom. The van der Waals surface area contributed by atoms with Gasteiger partial charge in [-0.1, -0.05) is 45.4 Å². The third-order valence-corrected chi connectivity index (χ3v) is 9.12. The molecule has 198 valence electrons. The number of hydrogen-bond acceptors (Lipinski definition) is 6. The molecule has 1 aromatic carbocycles. The number of rotatable bonds is 8. The standard InChI is InChI=1S/C28H40N2O6/c1-8-15(3)19(14-31)30-23(24(32)29-22-16(4)11-10-12-17(22)5)28-13-18(6)27(7,36-28)21(20(28)25(30)33)26(34)35-9-2/h10-12,15,18-21,23,31H,8-9,13-14H2,1-7H3,(H,29,32)/t15-,18?,19-,20-,21+,23?,27-,28?/m0/s1. The lowest BCUT2D eigenvalue weighted by atomic mass is 9.62. The fourth-order valence-corrected chi connectivity index (χ4v) is 6.94. The molecule has 1 spiro atoms. The van der Waals surface area contributed by atoms with E-state index in [9.17, 15) is 19.5 Å². The minimum atomic E-state index is -1.18. The van der Waals surface area contributed by atoms with Crippen LogP contribution in [0.25, 0.3) is 0 Å². The molecule has 0 saturated carbocycles. The number of carbonyl (C=O) groups excluding carboxylic acids is 3. The molecule has 3 saturated heterocycles. The van der Waals surface area contributed by atoms with Gasteiger partial charge in [-0.3, -0.25) is 14.4 Å². The molecule has 3 unspecified atom stereocenters. The van der Waals surface area contributed by atoms with E-state index in [1.54, 1.807) is 6.92 Å². The summed E-state index contributed by atoms with van der Waals surface area (Å²) in [6, 6.07) is 4.22. The van der Waals surface area contributed by atoms with Crippen LogP contribution in [0, 0.1) is 37.5 Å². The van der Waals surface area contributed by atoms with E-state index in [-0.39, 0.29) is 36.9 Å². The average molecular weight is 501 g/mol. The van der Waals surface area contributed by atoms with E-state index in [0.717, 1.165) is 11.1 Å². The molecule has 4 rings (SSSR count). The number of para-hydroxylation sites is 1. The van der Waals surface area contributed by atoms with Crippen LogP contribution in [-0.4, -0.2) is 64.3 Å². The molecule has 8 nitrogen and oxygen atoms in total. The summed E-state index contributed by atoms with van der Waals surface area (Å²) >= 11 is 0. The van der Waals surface area contributed by atoms with Gasteiger partial charge in [-0.05, 0) is 57.1 Å². The number of likely N-dealkylation sites (tertiary alicyclic amines) is 1. The van der Waals surface area contributed by atoms with Crippen LogP contribution < -0.4 is 5.32 Å². The Balaban J connectivity index is 1.85. The summed E-state index contributed by atoms with van der Waals surface area (Å²) in [5.41, 5.74) is 0.434. The van der Waals surface area contributed by atoms with Gasteiger partial charge in [-0.25, -0.2) is 0 Å². The molecule has 3 aliphatic rings. The van der Waals surface area contributed by atoms with Crippen LogP contribution in [-0.2, 0) is 23.9 Å². The third kappa shape index (κ3) is 3.67. The molecule has 3 heterocycles. The van der Waals surface area contributed by atoms with Gasteiger partial charge in [0, 0.05) is 5.69 Å². The monoisotopic (exact) mass is 500 g/mol. The van der Waals surface area contributed by atoms with Crippen molar-refractivity contribution in [2.75, 3.05) is 18.5 Å². The molecule has 8 heteroatoms. The second-order valence-corrected chi connectivity index (χ2v) is 11.1. The molecule has 0 aromatic heterocycles. The number of benzene rings is 1. The Bertz CT molecular complexity index is 1040. The van der Waals surface area contributed by atoms with Gasteiger partial charge in [0.1, 0.15) is 17.6 Å². The maximum absolute atomic E-state index is 14.2. The van der Waals surface area contributed by atoms with Gasteiger partial charge in [0.15, 0.2) is 0 Å². The number of fused-ring (bicyclic) bond motifs is 1. The van der Waals surface area contributed by atoms with Crippen LogP contribution in [0.5, 0.6) is 0 Å². The first-order chi connectivity index (χ1) is 17.0. The number of hydrogen-bond donors (Lipinski definition) is 2. The van der Waals surface area contributed by atoms with Crippen LogP contribution in [0.15, 0.2) is 18.2 Å². The highest BCUT2D eigenvalue weighted by molar-refractivity contribution is 6.04. The van der Waals surface area contributed by atoms with Crippen molar-refractivity contribution in [3.05, 3.63) is 29.3 Å². The molecule has 36 heavy (non-hydrogen) atoms. The fraction of sp³-hybridized carbons (Fsp3) is 0.679. The predicted molar refractivity (Wildman–Crippen MR) is 135 cm³/mol. The van der Waals surface area contributed by atoms with Crippen molar-refractivity contribution < 1.29 is 29.0 Å². The second-order valence-electron chi connectivity index (χ2n) is 11.1. The second kappa shape index (κ2) is 9.45. The van der Waals surface area contributed by atoms with Crippen molar-refractivity contribution in [3.63, 3.8) is 0 Å². The molecule has 2 bridgehead atoms. The minimum absolute atomic E-state index is 0.0593. The zero-order valence-corrected chi connectivity index (χ0v) is 22.5. The van der Waals surface area contributed by atoms with Crippen LogP contribution in [0.2, 0.25) is 0 Å². The molecule has 2 amide bonds. The highest BCUT2D eigenvalue weighted by Gasteiger charge is 2.80. The van der Waals surface area contributed by atoms with Crippen LogP contribution in [0.4, 0.5) is 5.69 Å². The zero-order chi connectivity index (χ0) is 26.6. The van der Waals surface area contributed by atoms with E-state index in [1.807, 2.05) is 59.7 Å². The molecule has 2 N–H and O–H groups in total. The normalized spacial score (nSPS) is 34.4. The number of anilines is 1. The van der Waals surface area contributed by atoms with Crippen molar-refractivity contribution in [3.8, 4) is 0 Å². The van der Waals surface area contributed by atoms with E-state index >= 15 is 0 Å². The fourth-order valence-electron chi connectivity index (χ4n) is 6.94. The molecular formula is C28H40N2O6. The number of carbonyl (C=O) groups is 3. The molecule has 0 radical (unpaired) electrons. The lowest BCUT2D eigenvalue weighted by Crippen LogP contribution is -2.57. The van der Waals surface area contributed by atoms with E-state index in [1.165, 1.54) is 4.90 Å². The quantitative estimate of drug-likeness (QED) is 0.531. The summed E-state index contributed by atoms with van der Waals surface area (Å²) in [6.07, 6.45) is 1.18. The van der Waals surface area contributed by atoms with Gasteiger partial charge in [-0.15, -0.1) is 0 Å². The van der Waals surface area contributed by atoms with Crippen molar-refractivity contribution in [2.45, 2.75) is 84.6 Å². The van der Waals surface area contributed by atoms with Gasteiger partial charge in [-0.2, -0.15) is 0 Å². The predicted octanol–water partition coefficient (Wildman–Crippen LogP) is 3.22. The van der Waals surface area contributed by atoms with E-state index in [4.69, 9.17) is 9.47 Å². The third-order valence-electron chi connectivity index (χ3n) is 9.12. The first-order valence-electron chi connectivity index (χ1n) is 13.1. The molecule has 1 aromatic rings. The van der Waals surface area contributed by atoms with E-state index < -0.39 is 41.1 Å². The number of nitrogens with one attached hydrogen (secondary N) is 1. The molecular weight excluding hydrogens is 460 g/mol. The number of aryl methyl sites for hydroxylation is 2. The summed E-state index contributed by atoms with van der Waals surface area (Å²) in [6.45, 7) is 13.3. The topological polar surface area (TPSA) is 105 Å². The Kier molecular flexibility index (Phi) is 6.99. The maximum Gasteiger partial charge on any atom is 0.312 e. The Labute approximate surface area is 213 Å². The minimum Gasteiger partial charge on any atom is -0.466 e. The average Bonchev–Trinajstić information content (AvgIpc) is 3.34. The first kappa shape index (κ1) is 26.6. The van der Waals surface area contributed by atoms with Crippen LogP contribution >= 0.6 is 0 Å². The summed E-state index contributed by atoms with van der Waals surface area (Å²) in [7, 11) is 0. The Morgan fingerprint density at radius 1 is 1.28 bits per heavy atom. The highest BCUT2D eigenvalue weighted by Crippen LogP contribution is 2.65. The highest BCUT2D eigenvalue weighted by atomic mass is 16.6. The molecule has 0 aliphatic carbocycles. The van der Waals surface area contributed by atoms with Crippen molar-refractivity contribution in [1.29, 1.82) is 0 Å². The first-order valence-corrected chi connectivity index (χ1v) is 13.1. The maximum atomic E-state index is 14.2. The number of aliphatic hydroxyl groups is 1. The van der Waals surface area contributed by atoms with Gasteiger partial charge < -0.3 is 24.8 Å². The summed E-state index contributed by atoms with van der Waals surface area (Å²) in [5, 5.41) is 13.5. The summed E-state index contributed by atoms with van der Waals surface area (Å²) in [4.78, 5) is 43.1. The Hall–Kier alpha value is -2.45. The lowest BCUT2D eigenvalue weighted by molar-refractivity contribution is -0.162. The van der Waals surface area contributed by atoms with Crippen molar-refractivity contribution in [2.24, 2.45) is 23.7 Å². The molecule has 8 atom stereocenters. The summed E-state index contributed by atoms with van der Waals surface area (Å²) < 4.78 is 12.1. The molecule has 3 aliphatic heterocycles. The van der Waals surface area contributed by atoms with Gasteiger partial charge in [0.2, 0.25) is 11.8 Å². The Morgan fingerprint density at radius 2 is 1.92 bits per heavy atom. The number of aliphatic hydroxyl groups excluding tert-OH is 1. The molecule has 3 fully saturated rings. The van der Waals surface area contributed by atoms with Crippen LogP contribution in [0.1, 0.15) is 58.6 Å². The van der Waals surface area contributed by atoms with Gasteiger partial charge in [0.05, 0.1) is 30.8 Å². The SMILES string of the molecule is CCOC(=O)[C@H]1[C@H]2C(=O)N([C@@H](CO)[C@@H](C)CC)C(C(=O)Nc3c(C)cccc3C)C23CC(C)[C@]1(C)O3. The number of esters is 1. The zero-order valence-electron chi connectivity index (χ0n) is 22.5.